The Hall–Kier alpha value is -2.11. The number of amides is 2. The van der Waals surface area contributed by atoms with E-state index in [-0.39, 0.29) is 0 Å². The van der Waals surface area contributed by atoms with Crippen LogP contribution in [0.2, 0.25) is 0 Å². The lowest BCUT2D eigenvalue weighted by Gasteiger charge is -2.31. The minimum absolute atomic E-state index is 0.426. The Morgan fingerprint density at radius 1 is 1.28 bits per heavy atom. The van der Waals surface area contributed by atoms with Gasteiger partial charge in [-0.3, -0.25) is 9.59 Å². The fourth-order valence-electron chi connectivity index (χ4n) is 1.81. The summed E-state index contributed by atoms with van der Waals surface area (Å²) in [4.78, 5) is 30.5. The predicted molar refractivity (Wildman–Crippen MR) is 66.8 cm³/mol. The van der Waals surface area contributed by atoms with Crippen LogP contribution >= 0.6 is 0 Å². The predicted octanol–water partition coefficient (Wildman–Crippen LogP) is -0.0761. The fraction of sp³-hybridized carbons (Fsp3) is 0.417. The van der Waals surface area contributed by atoms with Gasteiger partial charge in [0.2, 0.25) is 0 Å². The van der Waals surface area contributed by atoms with Gasteiger partial charge < -0.3 is 15.1 Å². The second-order valence-corrected chi connectivity index (χ2v) is 4.26. The Morgan fingerprint density at radius 2 is 2.06 bits per heavy atom. The van der Waals surface area contributed by atoms with Crippen molar-refractivity contribution in [2.45, 2.75) is 6.54 Å². The Morgan fingerprint density at radius 3 is 2.67 bits per heavy atom. The van der Waals surface area contributed by atoms with Crippen LogP contribution in [0.25, 0.3) is 0 Å². The van der Waals surface area contributed by atoms with E-state index >= 15 is 0 Å². The van der Waals surface area contributed by atoms with Crippen molar-refractivity contribution in [3.05, 3.63) is 23.9 Å². The summed E-state index contributed by atoms with van der Waals surface area (Å²) >= 11 is 0. The Labute approximate surface area is 106 Å². The monoisotopic (exact) mass is 248 g/mol. The van der Waals surface area contributed by atoms with Gasteiger partial charge in [0.1, 0.15) is 5.82 Å². The van der Waals surface area contributed by atoms with Crippen molar-refractivity contribution >= 4 is 17.6 Å². The molecular formula is C12H16N4O2. The van der Waals surface area contributed by atoms with Crippen LogP contribution in [0, 0.1) is 0 Å². The molecule has 0 atom stereocenters. The maximum Gasteiger partial charge on any atom is 0.312 e. The summed E-state index contributed by atoms with van der Waals surface area (Å²) in [5.74, 6) is -0.109. The van der Waals surface area contributed by atoms with E-state index in [1.165, 1.54) is 4.90 Å². The second kappa shape index (κ2) is 5.03. The highest BCUT2D eigenvalue weighted by Gasteiger charge is 2.29. The van der Waals surface area contributed by atoms with Gasteiger partial charge in [-0.1, -0.05) is 6.07 Å². The van der Waals surface area contributed by atoms with Crippen molar-refractivity contribution in [2.24, 2.45) is 0 Å². The lowest BCUT2D eigenvalue weighted by Crippen LogP contribution is -2.52. The Balaban J connectivity index is 2.04. The van der Waals surface area contributed by atoms with E-state index in [0.29, 0.717) is 19.6 Å². The number of carbonyl (C=O) groups excluding carboxylic acids is 2. The number of pyridine rings is 1. The summed E-state index contributed by atoms with van der Waals surface area (Å²) in [5, 5.41) is 2.93. The van der Waals surface area contributed by atoms with E-state index in [1.54, 1.807) is 25.2 Å². The maximum atomic E-state index is 11.8. The molecule has 2 amide bonds. The molecule has 1 N–H and O–H groups in total. The molecular weight excluding hydrogens is 232 g/mol. The van der Waals surface area contributed by atoms with Crippen molar-refractivity contribution in [1.82, 2.24) is 14.8 Å². The van der Waals surface area contributed by atoms with Gasteiger partial charge in [-0.25, -0.2) is 4.98 Å². The highest BCUT2D eigenvalue weighted by atomic mass is 16.2. The normalized spacial score (nSPS) is 16.1. The average Bonchev–Trinajstić information content (AvgIpc) is 2.40. The molecule has 0 bridgehead atoms. The van der Waals surface area contributed by atoms with Crippen molar-refractivity contribution in [1.29, 1.82) is 0 Å². The quantitative estimate of drug-likeness (QED) is 0.760. The number of rotatable bonds is 3. The topological polar surface area (TPSA) is 65.5 Å². The van der Waals surface area contributed by atoms with E-state index in [9.17, 15) is 9.59 Å². The number of carbonyl (C=O) groups is 2. The Kier molecular flexibility index (Phi) is 3.45. The van der Waals surface area contributed by atoms with Gasteiger partial charge in [0.25, 0.3) is 0 Å². The fourth-order valence-corrected chi connectivity index (χ4v) is 1.81. The first-order valence-corrected chi connectivity index (χ1v) is 5.79. The van der Waals surface area contributed by atoms with Crippen LogP contribution in [0.15, 0.2) is 18.3 Å². The summed E-state index contributed by atoms with van der Waals surface area (Å²) in [5.41, 5.74) is 0.916. The molecule has 1 aromatic heterocycles. The first kappa shape index (κ1) is 12.3. The lowest BCUT2D eigenvalue weighted by atomic mass is 10.2. The molecule has 0 radical (unpaired) electrons. The number of hydrogen-bond acceptors (Lipinski definition) is 4. The molecule has 6 nitrogen and oxygen atoms in total. The molecule has 0 saturated carbocycles. The van der Waals surface area contributed by atoms with Crippen molar-refractivity contribution in [3.63, 3.8) is 0 Å². The summed E-state index contributed by atoms with van der Waals surface area (Å²) < 4.78 is 0. The van der Waals surface area contributed by atoms with Gasteiger partial charge in [0.05, 0.1) is 0 Å². The number of hydrogen-bond donors (Lipinski definition) is 1. The minimum Gasteiger partial charge on any atom is -0.373 e. The summed E-state index contributed by atoms with van der Waals surface area (Å²) in [6.07, 6.45) is 1.71. The van der Waals surface area contributed by atoms with Crippen LogP contribution in [-0.4, -0.2) is 53.8 Å². The van der Waals surface area contributed by atoms with Crippen LogP contribution in [0.3, 0.4) is 0 Å². The number of anilines is 1. The molecule has 0 aliphatic carbocycles. The molecule has 0 aromatic carbocycles. The third-order valence-electron chi connectivity index (χ3n) is 2.98. The molecule has 2 heterocycles. The van der Waals surface area contributed by atoms with Gasteiger partial charge in [-0.15, -0.1) is 0 Å². The largest absolute Gasteiger partial charge is 0.373 e. The van der Waals surface area contributed by atoms with E-state index in [2.05, 4.69) is 10.3 Å². The molecule has 96 valence electrons. The van der Waals surface area contributed by atoms with E-state index in [4.69, 9.17) is 0 Å². The molecule has 1 aliphatic rings. The molecule has 1 fully saturated rings. The third-order valence-corrected chi connectivity index (χ3v) is 2.98. The molecule has 1 aromatic rings. The first-order chi connectivity index (χ1) is 8.61. The molecule has 0 unspecified atom stereocenters. The minimum atomic E-state index is -0.443. The van der Waals surface area contributed by atoms with Crippen LogP contribution in [0.5, 0.6) is 0 Å². The molecule has 1 saturated heterocycles. The smallest absolute Gasteiger partial charge is 0.312 e. The number of piperazine rings is 1. The van der Waals surface area contributed by atoms with Crippen LogP contribution in [0.1, 0.15) is 5.56 Å². The van der Waals surface area contributed by atoms with Gasteiger partial charge in [0, 0.05) is 39.9 Å². The second-order valence-electron chi connectivity index (χ2n) is 4.26. The number of nitrogens with one attached hydrogen (secondary N) is 1. The lowest BCUT2D eigenvalue weighted by molar-refractivity contribution is -0.155. The average molecular weight is 248 g/mol. The van der Waals surface area contributed by atoms with E-state index in [1.807, 2.05) is 12.1 Å². The van der Waals surface area contributed by atoms with Crippen LogP contribution < -0.4 is 5.32 Å². The number of likely N-dealkylation sites (N-methyl/N-ethyl adjacent to an activating group) is 1. The third kappa shape index (κ3) is 2.42. The van der Waals surface area contributed by atoms with Gasteiger partial charge in [-0.2, -0.15) is 0 Å². The molecule has 18 heavy (non-hydrogen) atoms. The van der Waals surface area contributed by atoms with Gasteiger partial charge in [0.15, 0.2) is 0 Å². The molecule has 2 rings (SSSR count). The number of aromatic nitrogens is 1. The zero-order valence-corrected chi connectivity index (χ0v) is 10.5. The van der Waals surface area contributed by atoms with Crippen LogP contribution in [-0.2, 0) is 16.1 Å². The maximum absolute atomic E-state index is 11.8. The number of nitrogens with zero attached hydrogens (tertiary/aromatic N) is 3. The zero-order valence-electron chi connectivity index (χ0n) is 10.5. The molecule has 0 spiro atoms. The van der Waals surface area contributed by atoms with Crippen molar-refractivity contribution in [3.8, 4) is 0 Å². The Bertz CT molecular complexity index is 458. The molecule has 6 heteroatoms. The molecule has 1 aliphatic heterocycles. The van der Waals surface area contributed by atoms with Gasteiger partial charge in [-0.05, 0) is 11.6 Å². The SMILES string of the molecule is CNc1ccc(CN2CCN(C)C(=O)C2=O)cn1. The van der Waals surface area contributed by atoms with E-state index < -0.39 is 11.8 Å². The zero-order chi connectivity index (χ0) is 13.1. The van der Waals surface area contributed by atoms with Crippen molar-refractivity contribution < 1.29 is 9.59 Å². The summed E-state index contributed by atoms with van der Waals surface area (Å²) in [6, 6.07) is 3.74. The highest BCUT2D eigenvalue weighted by molar-refractivity contribution is 6.35. The summed E-state index contributed by atoms with van der Waals surface area (Å²) in [7, 11) is 3.44. The van der Waals surface area contributed by atoms with Gasteiger partial charge >= 0.3 is 11.8 Å². The summed E-state index contributed by atoms with van der Waals surface area (Å²) in [6.45, 7) is 1.57. The van der Waals surface area contributed by atoms with E-state index in [0.717, 1.165) is 11.4 Å². The first-order valence-electron chi connectivity index (χ1n) is 5.79. The van der Waals surface area contributed by atoms with Crippen LogP contribution in [0.4, 0.5) is 5.82 Å². The highest BCUT2D eigenvalue weighted by Crippen LogP contribution is 2.10. The standard InChI is InChI=1S/C12H16N4O2/c1-13-10-4-3-9(7-14-10)8-16-6-5-15(2)11(17)12(16)18/h3-4,7H,5-6,8H2,1-2H3,(H,13,14). The van der Waals surface area contributed by atoms with Crippen molar-refractivity contribution in [2.75, 3.05) is 32.5 Å².